The molecule has 17 heavy (non-hydrogen) atoms. The van der Waals surface area contributed by atoms with E-state index >= 15 is 0 Å². The highest BCUT2D eigenvalue weighted by Crippen LogP contribution is 2.26. The molecule has 2 nitrogen and oxygen atoms in total. The van der Waals surface area contributed by atoms with E-state index in [0.717, 1.165) is 25.0 Å². The summed E-state index contributed by atoms with van der Waals surface area (Å²) in [5, 5.41) is 0. The van der Waals surface area contributed by atoms with Gasteiger partial charge in [-0.2, -0.15) is 0 Å². The van der Waals surface area contributed by atoms with Crippen LogP contribution in [-0.4, -0.2) is 13.1 Å². The number of ether oxygens (including phenoxy) is 1. The zero-order valence-corrected chi connectivity index (χ0v) is 10.0. The maximum absolute atomic E-state index is 13.6. The molecule has 1 atom stereocenters. The summed E-state index contributed by atoms with van der Waals surface area (Å²) in [7, 11) is 1.27. The Morgan fingerprint density at radius 3 is 2.65 bits per heavy atom. The van der Waals surface area contributed by atoms with E-state index in [1.54, 1.807) is 0 Å². The molecule has 1 aromatic rings. The highest BCUT2D eigenvalue weighted by atomic mass is 19.1. The first-order valence-electron chi connectivity index (χ1n) is 5.63. The van der Waals surface area contributed by atoms with E-state index in [1.165, 1.54) is 13.2 Å². The Morgan fingerprint density at radius 1 is 1.41 bits per heavy atom. The minimum Gasteiger partial charge on any atom is -0.469 e. The smallest absolute Gasteiger partial charge is 0.313 e. The number of hydrogen-bond acceptors (Lipinski definition) is 2. The van der Waals surface area contributed by atoms with Crippen molar-refractivity contribution in [1.82, 2.24) is 0 Å². The minimum absolute atomic E-state index is 0.201. The molecule has 0 aromatic heterocycles. The van der Waals surface area contributed by atoms with Crippen LogP contribution < -0.4 is 0 Å². The molecule has 0 heterocycles. The Balaban J connectivity index is 2.99. The van der Waals surface area contributed by atoms with Gasteiger partial charge in [-0.15, -0.1) is 0 Å². The van der Waals surface area contributed by atoms with Crippen LogP contribution in [0.3, 0.4) is 0 Å². The van der Waals surface area contributed by atoms with Crippen molar-refractivity contribution in [3.63, 3.8) is 0 Å². The van der Waals surface area contributed by atoms with E-state index in [0.29, 0.717) is 6.42 Å². The molecule has 0 saturated carbocycles. The van der Waals surface area contributed by atoms with Crippen LogP contribution in [0, 0.1) is 11.6 Å². The Hall–Kier alpha value is -1.45. The molecule has 0 radical (unpaired) electrons. The first-order chi connectivity index (χ1) is 8.10. The van der Waals surface area contributed by atoms with Gasteiger partial charge in [-0.3, -0.25) is 4.79 Å². The fourth-order valence-electron chi connectivity index (χ4n) is 1.73. The van der Waals surface area contributed by atoms with Gasteiger partial charge in [0, 0.05) is 11.6 Å². The predicted molar refractivity (Wildman–Crippen MR) is 60.6 cm³/mol. The Bertz CT molecular complexity index is 391. The van der Waals surface area contributed by atoms with Gasteiger partial charge in [0.15, 0.2) is 0 Å². The van der Waals surface area contributed by atoms with Crippen LogP contribution in [0.4, 0.5) is 8.78 Å². The third-order valence-electron chi connectivity index (χ3n) is 2.67. The number of methoxy groups -OCH3 is 1. The summed E-state index contributed by atoms with van der Waals surface area (Å²) in [6.07, 6.45) is 2.19. The molecule has 0 N–H and O–H groups in total. The fraction of sp³-hybridized carbons (Fsp3) is 0.462. The number of halogens is 2. The molecule has 0 bridgehead atoms. The Kier molecular flexibility index (Phi) is 5.07. The van der Waals surface area contributed by atoms with Crippen molar-refractivity contribution in [2.45, 2.75) is 32.1 Å². The zero-order valence-electron chi connectivity index (χ0n) is 10.0. The summed E-state index contributed by atoms with van der Waals surface area (Å²) >= 11 is 0. The molecule has 1 unspecified atom stereocenters. The molecular weight excluding hydrogens is 226 g/mol. The lowest BCUT2D eigenvalue weighted by Gasteiger charge is -2.15. The number of carbonyl (C=O) groups excluding carboxylic acids is 1. The SMILES string of the molecule is CCCCC(C(=O)OC)c1ccc(F)cc1F. The fourth-order valence-corrected chi connectivity index (χ4v) is 1.73. The summed E-state index contributed by atoms with van der Waals surface area (Å²) in [5.74, 6) is -2.48. The van der Waals surface area contributed by atoms with Gasteiger partial charge in [-0.05, 0) is 12.5 Å². The number of benzene rings is 1. The van der Waals surface area contributed by atoms with Crippen LogP contribution in [0.5, 0.6) is 0 Å². The molecule has 1 rings (SSSR count). The summed E-state index contributed by atoms with van der Waals surface area (Å²) in [5.41, 5.74) is 0.201. The third-order valence-corrected chi connectivity index (χ3v) is 2.67. The summed E-state index contributed by atoms with van der Waals surface area (Å²) < 4.78 is 31.0. The van der Waals surface area contributed by atoms with Gasteiger partial charge < -0.3 is 4.74 Å². The number of esters is 1. The van der Waals surface area contributed by atoms with Crippen molar-refractivity contribution < 1.29 is 18.3 Å². The first-order valence-corrected chi connectivity index (χ1v) is 5.63. The largest absolute Gasteiger partial charge is 0.469 e. The van der Waals surface area contributed by atoms with Crippen molar-refractivity contribution in [2.75, 3.05) is 7.11 Å². The second-order valence-corrected chi connectivity index (χ2v) is 3.88. The van der Waals surface area contributed by atoms with E-state index in [4.69, 9.17) is 0 Å². The second kappa shape index (κ2) is 6.33. The van der Waals surface area contributed by atoms with Gasteiger partial charge in [0.25, 0.3) is 0 Å². The van der Waals surface area contributed by atoms with Gasteiger partial charge >= 0.3 is 5.97 Å². The van der Waals surface area contributed by atoms with Gasteiger partial charge in [0.05, 0.1) is 13.0 Å². The van der Waals surface area contributed by atoms with Crippen LogP contribution >= 0.6 is 0 Å². The summed E-state index contributed by atoms with van der Waals surface area (Å²) in [4.78, 5) is 11.6. The van der Waals surface area contributed by atoms with Crippen LogP contribution in [0.15, 0.2) is 18.2 Å². The topological polar surface area (TPSA) is 26.3 Å². The monoisotopic (exact) mass is 242 g/mol. The molecular formula is C13H16F2O2. The second-order valence-electron chi connectivity index (χ2n) is 3.88. The normalized spacial score (nSPS) is 12.2. The van der Waals surface area contributed by atoms with Crippen molar-refractivity contribution in [3.05, 3.63) is 35.4 Å². The summed E-state index contributed by atoms with van der Waals surface area (Å²) in [6, 6.07) is 3.25. The van der Waals surface area contributed by atoms with E-state index < -0.39 is 23.5 Å². The van der Waals surface area contributed by atoms with E-state index in [1.807, 2.05) is 6.92 Å². The number of unbranched alkanes of at least 4 members (excludes halogenated alkanes) is 1. The quantitative estimate of drug-likeness (QED) is 0.739. The standard InChI is InChI=1S/C13H16F2O2/c1-3-4-5-11(13(16)17-2)10-7-6-9(14)8-12(10)15/h6-8,11H,3-5H2,1-2H3. The lowest BCUT2D eigenvalue weighted by molar-refractivity contribution is -0.142. The molecule has 0 fully saturated rings. The minimum atomic E-state index is -0.698. The lowest BCUT2D eigenvalue weighted by Crippen LogP contribution is -2.16. The lowest BCUT2D eigenvalue weighted by atomic mass is 9.93. The average Bonchev–Trinajstić information content (AvgIpc) is 2.31. The van der Waals surface area contributed by atoms with Crippen LogP contribution in [-0.2, 0) is 9.53 Å². The molecule has 0 aliphatic heterocycles. The Labute approximate surface area is 99.6 Å². The highest BCUT2D eigenvalue weighted by molar-refractivity contribution is 5.78. The van der Waals surface area contributed by atoms with Crippen molar-refractivity contribution in [1.29, 1.82) is 0 Å². The molecule has 0 aliphatic carbocycles. The number of hydrogen-bond donors (Lipinski definition) is 0. The van der Waals surface area contributed by atoms with Crippen LogP contribution in [0.2, 0.25) is 0 Å². The molecule has 0 saturated heterocycles. The Morgan fingerprint density at radius 2 is 2.12 bits per heavy atom. The van der Waals surface area contributed by atoms with E-state index in [-0.39, 0.29) is 5.56 Å². The molecule has 0 spiro atoms. The van der Waals surface area contributed by atoms with Crippen molar-refractivity contribution in [2.24, 2.45) is 0 Å². The number of carbonyl (C=O) groups is 1. The van der Waals surface area contributed by atoms with Gasteiger partial charge in [-0.1, -0.05) is 25.8 Å². The van der Waals surface area contributed by atoms with Crippen LogP contribution in [0.25, 0.3) is 0 Å². The molecule has 0 aliphatic rings. The zero-order chi connectivity index (χ0) is 12.8. The van der Waals surface area contributed by atoms with Crippen LogP contribution in [0.1, 0.15) is 37.7 Å². The highest BCUT2D eigenvalue weighted by Gasteiger charge is 2.24. The number of rotatable bonds is 5. The molecule has 1 aromatic carbocycles. The molecule has 0 amide bonds. The predicted octanol–water partition coefficient (Wildman–Crippen LogP) is 3.41. The maximum atomic E-state index is 13.6. The van der Waals surface area contributed by atoms with Gasteiger partial charge in [0.1, 0.15) is 11.6 Å². The van der Waals surface area contributed by atoms with E-state index in [9.17, 15) is 13.6 Å². The van der Waals surface area contributed by atoms with Crippen molar-refractivity contribution in [3.8, 4) is 0 Å². The van der Waals surface area contributed by atoms with Gasteiger partial charge in [0.2, 0.25) is 0 Å². The first kappa shape index (κ1) is 13.6. The third kappa shape index (κ3) is 3.51. The van der Waals surface area contributed by atoms with E-state index in [2.05, 4.69) is 4.74 Å². The average molecular weight is 242 g/mol. The molecule has 94 valence electrons. The maximum Gasteiger partial charge on any atom is 0.313 e. The van der Waals surface area contributed by atoms with Crippen molar-refractivity contribution >= 4 is 5.97 Å². The summed E-state index contributed by atoms with van der Waals surface area (Å²) in [6.45, 7) is 1.98. The molecule has 4 heteroatoms. The van der Waals surface area contributed by atoms with Gasteiger partial charge in [-0.25, -0.2) is 8.78 Å².